The maximum absolute atomic E-state index is 12.2. The second kappa shape index (κ2) is 8.41. The molecule has 1 atom stereocenters. The van der Waals surface area contributed by atoms with E-state index in [1.165, 1.54) is 11.8 Å². The maximum atomic E-state index is 12.2. The summed E-state index contributed by atoms with van der Waals surface area (Å²) >= 11 is 7.22. The van der Waals surface area contributed by atoms with E-state index in [0.29, 0.717) is 27.3 Å². The van der Waals surface area contributed by atoms with Crippen LogP contribution >= 0.6 is 23.4 Å². The van der Waals surface area contributed by atoms with Gasteiger partial charge < -0.3 is 15.1 Å². The van der Waals surface area contributed by atoms with Gasteiger partial charge >= 0.3 is 0 Å². The van der Waals surface area contributed by atoms with Gasteiger partial charge in [-0.05, 0) is 43.7 Å². The van der Waals surface area contributed by atoms with Crippen LogP contribution in [0.15, 0.2) is 51.2 Å². The van der Waals surface area contributed by atoms with Crippen LogP contribution in [0.2, 0.25) is 5.02 Å². The fraction of sp³-hybridized carbons (Fsp3) is 0.222. The van der Waals surface area contributed by atoms with Crippen LogP contribution in [-0.4, -0.2) is 27.9 Å². The summed E-state index contributed by atoms with van der Waals surface area (Å²) in [6.07, 6.45) is 1.56. The van der Waals surface area contributed by atoms with Gasteiger partial charge in [0, 0.05) is 17.1 Å². The lowest BCUT2D eigenvalue weighted by molar-refractivity contribution is -0.122. The summed E-state index contributed by atoms with van der Waals surface area (Å²) in [5, 5.41) is 13.8. The monoisotopic (exact) mass is 404 g/mol. The highest BCUT2D eigenvalue weighted by Gasteiger charge is 2.32. The Bertz CT molecular complexity index is 925. The lowest BCUT2D eigenvalue weighted by Gasteiger charge is -2.08. The van der Waals surface area contributed by atoms with Crippen LogP contribution in [0.4, 0.5) is 5.69 Å². The Balaban J connectivity index is 1.58. The molecule has 0 saturated carbocycles. The number of thioether (sulfide) groups is 1. The van der Waals surface area contributed by atoms with E-state index >= 15 is 0 Å². The Hall–Kier alpha value is -2.58. The van der Waals surface area contributed by atoms with Gasteiger partial charge in [-0.1, -0.05) is 29.4 Å². The van der Waals surface area contributed by atoms with Crippen LogP contribution in [0, 0.1) is 6.92 Å². The van der Waals surface area contributed by atoms with Gasteiger partial charge in [-0.15, -0.1) is 10.2 Å². The van der Waals surface area contributed by atoms with Crippen LogP contribution in [-0.2, 0) is 9.59 Å². The topological polar surface area (TPSA) is 96.1 Å². The van der Waals surface area contributed by atoms with Crippen LogP contribution < -0.4 is 10.6 Å². The quantitative estimate of drug-likeness (QED) is 0.588. The zero-order chi connectivity index (χ0) is 19.4. The Kier molecular flexibility index (Phi) is 5.98. The highest BCUT2D eigenvalue weighted by molar-refractivity contribution is 8.15. The number of nitrogens with one attached hydrogen (secondary N) is 2. The summed E-state index contributed by atoms with van der Waals surface area (Å²) in [5.41, 5.74) is 2.10. The standard InChI is InChI=1S/C18H17ClN4O3S/c1-10-5-6-12(8-13(10)19)20-16(24)9-15-17(25)21-18(27-15)23-22-11(2)14-4-3-7-26-14/h3-8,15H,9H2,1-2H3,(H,20,24)(H,21,23,25)/b22-11-/t15-/m0/s1. The van der Waals surface area contributed by atoms with Crippen molar-refractivity contribution in [2.24, 2.45) is 10.2 Å². The minimum Gasteiger partial charge on any atom is -0.463 e. The van der Waals surface area contributed by atoms with Crippen molar-refractivity contribution in [1.82, 2.24) is 5.32 Å². The van der Waals surface area contributed by atoms with Gasteiger partial charge in [0.15, 0.2) is 5.17 Å². The molecule has 140 valence electrons. The first kappa shape index (κ1) is 19.2. The molecular weight excluding hydrogens is 388 g/mol. The SMILES string of the molecule is C/C(=N/N=C1\NC(=O)[C@H](CC(=O)Nc2ccc(C)c(Cl)c2)S1)c1ccco1. The zero-order valence-corrected chi connectivity index (χ0v) is 16.2. The third-order valence-electron chi connectivity index (χ3n) is 3.77. The van der Waals surface area contributed by atoms with Crippen molar-refractivity contribution >= 4 is 51.7 Å². The van der Waals surface area contributed by atoms with Crippen molar-refractivity contribution in [3.05, 3.63) is 52.9 Å². The Morgan fingerprint density at radius 1 is 1.41 bits per heavy atom. The van der Waals surface area contributed by atoms with Gasteiger partial charge in [0.2, 0.25) is 11.8 Å². The van der Waals surface area contributed by atoms with E-state index in [0.717, 1.165) is 5.56 Å². The number of benzene rings is 1. The van der Waals surface area contributed by atoms with Crippen LogP contribution in [0.25, 0.3) is 0 Å². The molecule has 1 aromatic heterocycles. The first-order valence-corrected chi connectivity index (χ1v) is 9.38. The van der Waals surface area contributed by atoms with Crippen molar-refractivity contribution in [2.75, 3.05) is 5.32 Å². The summed E-state index contributed by atoms with van der Waals surface area (Å²) in [6.45, 7) is 3.63. The van der Waals surface area contributed by atoms with Crippen LogP contribution in [0.3, 0.4) is 0 Å². The van der Waals surface area contributed by atoms with Gasteiger partial charge in [0.1, 0.15) is 16.7 Å². The molecular formula is C18H17ClN4O3S. The number of anilines is 1. The van der Waals surface area contributed by atoms with Crippen molar-refractivity contribution in [3.8, 4) is 0 Å². The lowest BCUT2D eigenvalue weighted by atomic mass is 10.2. The molecule has 7 nitrogen and oxygen atoms in total. The molecule has 1 aliphatic heterocycles. The Morgan fingerprint density at radius 3 is 2.93 bits per heavy atom. The normalized spacial score (nSPS) is 18.6. The molecule has 2 amide bonds. The van der Waals surface area contributed by atoms with Gasteiger partial charge in [0.25, 0.3) is 0 Å². The number of amides is 2. The molecule has 2 N–H and O–H groups in total. The molecule has 1 aliphatic rings. The van der Waals surface area contributed by atoms with E-state index in [-0.39, 0.29) is 18.2 Å². The van der Waals surface area contributed by atoms with Crippen molar-refractivity contribution < 1.29 is 14.0 Å². The average Bonchev–Trinajstić information content (AvgIpc) is 3.27. The number of carbonyl (C=O) groups excluding carboxylic acids is 2. The third-order valence-corrected chi connectivity index (χ3v) is 5.25. The molecule has 1 fully saturated rings. The second-order valence-electron chi connectivity index (χ2n) is 5.88. The number of halogens is 1. The average molecular weight is 405 g/mol. The molecule has 1 aromatic carbocycles. The maximum Gasteiger partial charge on any atom is 0.240 e. The van der Waals surface area contributed by atoms with Gasteiger partial charge in [-0.2, -0.15) is 0 Å². The molecule has 0 radical (unpaired) electrons. The van der Waals surface area contributed by atoms with E-state index < -0.39 is 5.25 Å². The third kappa shape index (κ3) is 4.99. The number of aryl methyl sites for hydroxylation is 1. The number of amidine groups is 1. The highest BCUT2D eigenvalue weighted by atomic mass is 35.5. The molecule has 27 heavy (non-hydrogen) atoms. The van der Waals surface area contributed by atoms with Crippen molar-refractivity contribution in [1.29, 1.82) is 0 Å². The molecule has 0 aliphatic carbocycles. The van der Waals surface area contributed by atoms with E-state index in [2.05, 4.69) is 20.8 Å². The number of nitrogens with zero attached hydrogens (tertiary/aromatic N) is 2. The van der Waals surface area contributed by atoms with E-state index in [9.17, 15) is 9.59 Å². The number of carbonyl (C=O) groups is 2. The summed E-state index contributed by atoms with van der Waals surface area (Å²) in [7, 11) is 0. The Morgan fingerprint density at radius 2 is 2.22 bits per heavy atom. The smallest absolute Gasteiger partial charge is 0.240 e. The minimum absolute atomic E-state index is 0.0158. The summed E-state index contributed by atoms with van der Waals surface area (Å²) in [5.74, 6) is 0.0436. The minimum atomic E-state index is -0.566. The number of rotatable bonds is 5. The molecule has 0 spiro atoms. The van der Waals surface area contributed by atoms with Gasteiger partial charge in [0.05, 0.1) is 6.26 Å². The van der Waals surface area contributed by atoms with Crippen LogP contribution in [0.1, 0.15) is 24.7 Å². The summed E-state index contributed by atoms with van der Waals surface area (Å²) in [4.78, 5) is 24.3. The second-order valence-corrected chi connectivity index (χ2v) is 7.48. The predicted molar refractivity (Wildman–Crippen MR) is 107 cm³/mol. The highest BCUT2D eigenvalue weighted by Crippen LogP contribution is 2.24. The van der Waals surface area contributed by atoms with Gasteiger partial charge in [-0.3, -0.25) is 9.59 Å². The summed E-state index contributed by atoms with van der Waals surface area (Å²) in [6, 6.07) is 8.78. The fourth-order valence-corrected chi connectivity index (χ4v) is 3.39. The largest absolute Gasteiger partial charge is 0.463 e. The van der Waals surface area contributed by atoms with E-state index in [4.69, 9.17) is 16.0 Å². The molecule has 3 rings (SSSR count). The van der Waals surface area contributed by atoms with Gasteiger partial charge in [-0.25, -0.2) is 0 Å². The van der Waals surface area contributed by atoms with E-state index in [1.54, 1.807) is 37.5 Å². The summed E-state index contributed by atoms with van der Waals surface area (Å²) < 4.78 is 5.22. The molecule has 0 unspecified atom stereocenters. The zero-order valence-electron chi connectivity index (χ0n) is 14.7. The molecule has 2 aromatic rings. The van der Waals surface area contributed by atoms with Crippen LogP contribution in [0.5, 0.6) is 0 Å². The van der Waals surface area contributed by atoms with Crippen molar-refractivity contribution in [2.45, 2.75) is 25.5 Å². The Labute approximate surface area is 165 Å². The fourth-order valence-electron chi connectivity index (χ4n) is 2.29. The van der Waals surface area contributed by atoms with Crippen molar-refractivity contribution in [3.63, 3.8) is 0 Å². The first-order chi connectivity index (χ1) is 12.9. The van der Waals surface area contributed by atoms with E-state index in [1.807, 2.05) is 13.0 Å². The molecule has 1 saturated heterocycles. The number of hydrogen-bond donors (Lipinski definition) is 2. The first-order valence-electron chi connectivity index (χ1n) is 8.12. The lowest BCUT2D eigenvalue weighted by Crippen LogP contribution is -2.28. The predicted octanol–water partition coefficient (Wildman–Crippen LogP) is 3.58. The number of hydrogen-bond acceptors (Lipinski definition) is 6. The molecule has 0 bridgehead atoms. The molecule has 2 heterocycles. The molecule has 9 heteroatoms. The number of furan rings is 1.